The summed E-state index contributed by atoms with van der Waals surface area (Å²) in [4.78, 5) is 0. The van der Waals surface area contributed by atoms with Crippen LogP contribution in [0.25, 0.3) is 0 Å². The van der Waals surface area contributed by atoms with Crippen LogP contribution in [0.3, 0.4) is 0 Å². The van der Waals surface area contributed by atoms with Gasteiger partial charge in [-0.25, -0.2) is 0 Å². The fourth-order valence-electron chi connectivity index (χ4n) is 5.04. The van der Waals surface area contributed by atoms with Crippen LogP contribution < -0.4 is 0 Å². The van der Waals surface area contributed by atoms with Crippen LogP contribution in [0.4, 0.5) is 0 Å². The number of hydrogen-bond donors (Lipinski definition) is 0. The highest BCUT2D eigenvalue weighted by Gasteiger charge is 2.30. The molecule has 2 aliphatic rings. The van der Waals surface area contributed by atoms with Gasteiger partial charge in [-0.05, 0) is 69.6 Å². The first-order chi connectivity index (χ1) is 12.0. The van der Waals surface area contributed by atoms with E-state index in [-0.39, 0.29) is 0 Å². The van der Waals surface area contributed by atoms with Gasteiger partial charge in [0.15, 0.2) is 0 Å². The van der Waals surface area contributed by atoms with Gasteiger partial charge in [0.05, 0.1) is 53.4 Å². The minimum Gasteiger partial charge on any atom is -0.326 e. The van der Waals surface area contributed by atoms with E-state index in [9.17, 15) is 0 Å². The molecule has 0 spiro atoms. The molecule has 0 aliphatic carbocycles. The molecule has 0 N–H and O–H groups in total. The zero-order valence-electron chi connectivity index (χ0n) is 17.2. The number of piperidine rings is 2. The lowest BCUT2D eigenvalue weighted by Crippen LogP contribution is -2.51. The van der Waals surface area contributed by atoms with Gasteiger partial charge in [-0.3, -0.25) is 0 Å². The Balaban J connectivity index is 1.57. The second-order valence-corrected chi connectivity index (χ2v) is 9.58. The zero-order valence-corrected chi connectivity index (χ0v) is 17.2. The predicted octanol–water partition coefficient (Wildman–Crippen LogP) is 5.02. The molecule has 0 unspecified atom stereocenters. The number of quaternary nitrogens is 2. The molecule has 2 heterocycles. The molecular formula is C23H44N2+2. The van der Waals surface area contributed by atoms with E-state index in [1.165, 1.54) is 106 Å². The van der Waals surface area contributed by atoms with E-state index < -0.39 is 0 Å². The number of likely N-dealkylation sites (tertiary alicyclic amines) is 2. The third-order valence-corrected chi connectivity index (χ3v) is 7.20. The van der Waals surface area contributed by atoms with Crippen molar-refractivity contribution < 1.29 is 8.97 Å². The van der Waals surface area contributed by atoms with E-state index in [4.69, 9.17) is 0 Å². The fraction of sp³-hybridized carbons (Fsp3) is 0.826. The van der Waals surface area contributed by atoms with Crippen molar-refractivity contribution in [1.29, 1.82) is 0 Å². The van der Waals surface area contributed by atoms with E-state index in [0.29, 0.717) is 0 Å². The van der Waals surface area contributed by atoms with Gasteiger partial charge in [0, 0.05) is 0 Å². The van der Waals surface area contributed by atoms with E-state index in [2.05, 4.69) is 39.4 Å². The summed E-state index contributed by atoms with van der Waals surface area (Å²) in [6, 6.07) is 0. The van der Waals surface area contributed by atoms with Crippen LogP contribution in [-0.2, 0) is 0 Å². The molecule has 2 aliphatic heterocycles. The van der Waals surface area contributed by atoms with Crippen molar-refractivity contribution in [1.82, 2.24) is 0 Å². The first-order valence-electron chi connectivity index (χ1n) is 10.9. The van der Waals surface area contributed by atoms with Crippen LogP contribution in [0.15, 0.2) is 25.3 Å². The number of rotatable bonds is 10. The summed E-state index contributed by atoms with van der Waals surface area (Å²) in [7, 11) is 4.98. The molecule has 2 saturated heterocycles. The summed E-state index contributed by atoms with van der Waals surface area (Å²) in [5, 5.41) is 0. The smallest absolute Gasteiger partial charge is 0.0787 e. The van der Waals surface area contributed by atoms with Crippen molar-refractivity contribution in [3.05, 3.63) is 25.3 Å². The number of hydrogen-bond acceptors (Lipinski definition) is 0. The van der Waals surface area contributed by atoms with Gasteiger partial charge in [-0.2, -0.15) is 0 Å². The summed E-state index contributed by atoms with van der Waals surface area (Å²) in [6.45, 7) is 16.1. The molecule has 0 atom stereocenters. The van der Waals surface area contributed by atoms with Crippen LogP contribution in [0.1, 0.15) is 57.8 Å². The van der Waals surface area contributed by atoms with Crippen molar-refractivity contribution in [2.75, 3.05) is 53.4 Å². The molecule has 0 aromatic rings. The number of unbranched alkanes of at least 4 members (excludes halogenated alkanes) is 2. The minimum absolute atomic E-state index is 0.914. The molecule has 2 rings (SSSR count). The van der Waals surface area contributed by atoms with Crippen LogP contribution in [-0.4, -0.2) is 62.3 Å². The van der Waals surface area contributed by atoms with Crippen LogP contribution in [0, 0.1) is 11.8 Å². The van der Waals surface area contributed by atoms with Gasteiger partial charge in [-0.15, -0.1) is 13.2 Å². The first-order valence-corrected chi connectivity index (χ1v) is 10.9. The average molecular weight is 349 g/mol. The highest BCUT2D eigenvalue weighted by molar-refractivity contribution is 4.76. The molecule has 2 nitrogen and oxygen atoms in total. The van der Waals surface area contributed by atoms with Crippen LogP contribution >= 0.6 is 0 Å². The summed E-state index contributed by atoms with van der Waals surface area (Å²) in [5.41, 5.74) is 0. The number of nitrogens with zero attached hydrogens (tertiary/aromatic N) is 2. The van der Waals surface area contributed by atoms with Gasteiger partial charge in [0.25, 0.3) is 0 Å². The SMILES string of the molecule is C=CCC1CC[N+](C)(CCCCC[N+]2(C)CCC(CC=C)CC2)CC1. The topological polar surface area (TPSA) is 0 Å². The summed E-state index contributed by atoms with van der Waals surface area (Å²) in [6.07, 6.45) is 16.6. The molecule has 0 aromatic heterocycles. The highest BCUT2D eigenvalue weighted by Crippen LogP contribution is 2.27. The molecular weight excluding hydrogens is 304 g/mol. The predicted molar refractivity (Wildman–Crippen MR) is 110 cm³/mol. The third kappa shape index (κ3) is 6.90. The number of allylic oxidation sites excluding steroid dienone is 2. The van der Waals surface area contributed by atoms with Crippen molar-refractivity contribution >= 4 is 0 Å². The Hall–Kier alpha value is -0.600. The van der Waals surface area contributed by atoms with E-state index in [1.807, 2.05) is 0 Å². The fourth-order valence-corrected chi connectivity index (χ4v) is 5.04. The molecule has 0 saturated carbocycles. The molecule has 0 bridgehead atoms. The van der Waals surface area contributed by atoms with E-state index >= 15 is 0 Å². The highest BCUT2D eigenvalue weighted by atomic mass is 15.3. The monoisotopic (exact) mass is 348 g/mol. The normalized spacial score (nSPS) is 36.1. The Morgan fingerprint density at radius 3 is 1.36 bits per heavy atom. The summed E-state index contributed by atoms with van der Waals surface area (Å²) >= 11 is 0. The molecule has 0 radical (unpaired) electrons. The Kier molecular flexibility index (Phi) is 8.22. The molecule has 2 heteroatoms. The van der Waals surface area contributed by atoms with Gasteiger partial charge in [0.1, 0.15) is 0 Å². The lowest BCUT2D eigenvalue weighted by Gasteiger charge is -2.41. The molecule has 25 heavy (non-hydrogen) atoms. The lowest BCUT2D eigenvalue weighted by atomic mass is 9.92. The van der Waals surface area contributed by atoms with Gasteiger partial charge in [0.2, 0.25) is 0 Å². The standard InChI is InChI=1S/C23H44N2/c1-5-10-22-12-18-24(3,19-13-22)16-8-7-9-17-25(4)20-14-23(11-6-2)15-21-25/h5-6,22-23H,1-2,7-21H2,3-4H3/q+2. The van der Waals surface area contributed by atoms with Crippen molar-refractivity contribution in [3.63, 3.8) is 0 Å². The van der Waals surface area contributed by atoms with Gasteiger partial charge >= 0.3 is 0 Å². The van der Waals surface area contributed by atoms with E-state index in [0.717, 1.165) is 11.8 Å². The Bertz CT molecular complexity index is 360. The third-order valence-electron chi connectivity index (χ3n) is 7.20. The Morgan fingerprint density at radius 2 is 1.04 bits per heavy atom. The molecule has 144 valence electrons. The molecule has 2 fully saturated rings. The van der Waals surface area contributed by atoms with Crippen LogP contribution in [0.5, 0.6) is 0 Å². The summed E-state index contributed by atoms with van der Waals surface area (Å²) < 4.78 is 2.64. The Labute approximate surface area is 157 Å². The summed E-state index contributed by atoms with van der Waals surface area (Å²) in [5.74, 6) is 1.83. The zero-order chi connectivity index (χ0) is 18.2. The minimum atomic E-state index is 0.914. The second-order valence-electron chi connectivity index (χ2n) is 9.58. The molecule has 0 amide bonds. The Morgan fingerprint density at radius 1 is 0.680 bits per heavy atom. The second kappa shape index (κ2) is 9.92. The quantitative estimate of drug-likeness (QED) is 0.295. The van der Waals surface area contributed by atoms with Crippen LogP contribution in [0.2, 0.25) is 0 Å². The largest absolute Gasteiger partial charge is 0.326 e. The maximum Gasteiger partial charge on any atom is 0.0787 e. The van der Waals surface area contributed by atoms with Crippen molar-refractivity contribution in [3.8, 4) is 0 Å². The van der Waals surface area contributed by atoms with Gasteiger partial charge in [-0.1, -0.05) is 12.2 Å². The lowest BCUT2D eigenvalue weighted by molar-refractivity contribution is -0.917. The van der Waals surface area contributed by atoms with E-state index in [1.54, 1.807) is 0 Å². The first kappa shape index (κ1) is 20.7. The van der Waals surface area contributed by atoms with Crippen molar-refractivity contribution in [2.45, 2.75) is 57.8 Å². The average Bonchev–Trinajstić information content (AvgIpc) is 2.60. The van der Waals surface area contributed by atoms with Crippen molar-refractivity contribution in [2.24, 2.45) is 11.8 Å². The van der Waals surface area contributed by atoms with Gasteiger partial charge < -0.3 is 8.97 Å². The maximum atomic E-state index is 3.91. The maximum absolute atomic E-state index is 3.91. The molecule has 0 aromatic carbocycles.